The summed E-state index contributed by atoms with van der Waals surface area (Å²) in [5.41, 5.74) is 1.28. The van der Waals surface area contributed by atoms with Crippen molar-refractivity contribution in [3.05, 3.63) is 35.9 Å². The van der Waals surface area contributed by atoms with Crippen molar-refractivity contribution in [1.29, 1.82) is 0 Å². The van der Waals surface area contributed by atoms with E-state index in [4.69, 9.17) is 0 Å². The Hall–Kier alpha value is -1.00. The summed E-state index contributed by atoms with van der Waals surface area (Å²) in [4.78, 5) is 10.6. The molecular weight excluding hydrogens is 210 g/mol. The molecule has 0 aliphatic heterocycles. The van der Waals surface area contributed by atoms with E-state index in [2.05, 4.69) is 17.4 Å². The average molecular weight is 224 g/mol. The maximum absolute atomic E-state index is 10.6. The quantitative estimate of drug-likeness (QED) is 0.744. The molecule has 4 heteroatoms. The van der Waals surface area contributed by atoms with Crippen LogP contribution in [-0.2, 0) is 15.7 Å². The van der Waals surface area contributed by atoms with E-state index in [1.165, 1.54) is 5.56 Å². The zero-order chi connectivity index (χ0) is 10.9. The number of carbonyl (C=O) groups excluding carboxylic acids is 1. The van der Waals surface area contributed by atoms with E-state index in [0.29, 0.717) is 6.54 Å². The van der Waals surface area contributed by atoms with Crippen LogP contribution in [0, 0.1) is 0 Å². The SMILES string of the molecule is [O]CC(=O)NCCSCc1ccccc1. The van der Waals surface area contributed by atoms with Gasteiger partial charge in [0.15, 0.2) is 6.61 Å². The zero-order valence-electron chi connectivity index (χ0n) is 8.44. The predicted molar refractivity (Wildman–Crippen MR) is 61.2 cm³/mol. The lowest BCUT2D eigenvalue weighted by Gasteiger charge is -2.02. The fourth-order valence-corrected chi connectivity index (χ4v) is 1.90. The third-order valence-electron chi connectivity index (χ3n) is 1.81. The fraction of sp³-hybridized carbons (Fsp3) is 0.364. The summed E-state index contributed by atoms with van der Waals surface area (Å²) in [5, 5.41) is 12.6. The van der Waals surface area contributed by atoms with Crippen LogP contribution in [-0.4, -0.2) is 24.8 Å². The Balaban J connectivity index is 2.05. The highest BCUT2D eigenvalue weighted by Crippen LogP contribution is 2.10. The van der Waals surface area contributed by atoms with Gasteiger partial charge in [-0.15, -0.1) is 0 Å². The smallest absolute Gasteiger partial charge is 0.249 e. The van der Waals surface area contributed by atoms with Gasteiger partial charge in [0.2, 0.25) is 5.91 Å². The highest BCUT2D eigenvalue weighted by atomic mass is 32.2. The number of hydrogen-bond acceptors (Lipinski definition) is 2. The number of amides is 1. The topological polar surface area (TPSA) is 49.0 Å². The number of nitrogens with one attached hydrogen (secondary N) is 1. The molecule has 0 heterocycles. The molecule has 0 fully saturated rings. The van der Waals surface area contributed by atoms with Gasteiger partial charge in [-0.05, 0) is 5.56 Å². The van der Waals surface area contributed by atoms with Gasteiger partial charge in [0.25, 0.3) is 0 Å². The Kier molecular flexibility index (Phi) is 5.88. The highest BCUT2D eigenvalue weighted by molar-refractivity contribution is 7.98. The lowest BCUT2D eigenvalue weighted by Crippen LogP contribution is -2.27. The monoisotopic (exact) mass is 224 g/mol. The van der Waals surface area contributed by atoms with Crippen molar-refractivity contribution in [3.63, 3.8) is 0 Å². The van der Waals surface area contributed by atoms with Gasteiger partial charge >= 0.3 is 0 Å². The van der Waals surface area contributed by atoms with E-state index in [1.807, 2.05) is 18.2 Å². The Morgan fingerprint density at radius 2 is 2.00 bits per heavy atom. The molecule has 0 spiro atoms. The number of rotatable bonds is 6. The summed E-state index contributed by atoms with van der Waals surface area (Å²) < 4.78 is 0. The summed E-state index contributed by atoms with van der Waals surface area (Å²) in [6, 6.07) is 10.2. The minimum Gasteiger partial charge on any atom is -0.353 e. The minimum atomic E-state index is -0.677. The lowest BCUT2D eigenvalue weighted by molar-refractivity contribution is -0.125. The molecule has 1 rings (SSSR count). The predicted octanol–water partition coefficient (Wildman–Crippen LogP) is 1.47. The van der Waals surface area contributed by atoms with Crippen molar-refractivity contribution in [1.82, 2.24) is 5.32 Å². The maximum Gasteiger partial charge on any atom is 0.249 e. The van der Waals surface area contributed by atoms with Crippen LogP contribution in [0.1, 0.15) is 5.56 Å². The molecule has 0 unspecified atom stereocenters. The van der Waals surface area contributed by atoms with E-state index >= 15 is 0 Å². The van der Waals surface area contributed by atoms with Crippen molar-refractivity contribution in [2.45, 2.75) is 5.75 Å². The van der Waals surface area contributed by atoms with Crippen LogP contribution in [0.2, 0.25) is 0 Å². The zero-order valence-corrected chi connectivity index (χ0v) is 9.26. The van der Waals surface area contributed by atoms with Crippen LogP contribution in [0.25, 0.3) is 0 Å². The second-order valence-electron chi connectivity index (χ2n) is 3.03. The Morgan fingerprint density at radius 3 is 2.67 bits per heavy atom. The fourth-order valence-electron chi connectivity index (χ4n) is 1.08. The molecule has 1 N–H and O–H groups in total. The Morgan fingerprint density at radius 1 is 1.27 bits per heavy atom. The first kappa shape index (κ1) is 12.1. The molecule has 0 saturated heterocycles. The molecule has 3 nitrogen and oxygen atoms in total. The number of thioether (sulfide) groups is 1. The van der Waals surface area contributed by atoms with Gasteiger partial charge in [-0.1, -0.05) is 30.3 Å². The van der Waals surface area contributed by atoms with Gasteiger partial charge in [0.05, 0.1) is 0 Å². The molecule has 15 heavy (non-hydrogen) atoms. The summed E-state index contributed by atoms with van der Waals surface area (Å²) in [6.07, 6.45) is 0. The molecule has 0 aliphatic rings. The van der Waals surface area contributed by atoms with Crippen molar-refractivity contribution in [3.8, 4) is 0 Å². The van der Waals surface area contributed by atoms with Gasteiger partial charge < -0.3 is 5.32 Å². The van der Waals surface area contributed by atoms with Gasteiger partial charge in [0.1, 0.15) is 0 Å². The third kappa shape index (κ3) is 5.44. The molecule has 1 amide bonds. The van der Waals surface area contributed by atoms with Crippen molar-refractivity contribution < 1.29 is 9.90 Å². The van der Waals surface area contributed by atoms with Crippen LogP contribution in [0.5, 0.6) is 0 Å². The normalized spacial score (nSPS) is 9.93. The summed E-state index contributed by atoms with van der Waals surface area (Å²) in [5.74, 6) is 1.35. The standard InChI is InChI=1S/C11H14NO2S/c13-8-11(14)12-6-7-15-9-10-4-2-1-3-5-10/h1-5H,6-9H2,(H,12,14). The van der Waals surface area contributed by atoms with E-state index in [9.17, 15) is 9.90 Å². The van der Waals surface area contributed by atoms with Crippen LogP contribution in [0.15, 0.2) is 30.3 Å². The van der Waals surface area contributed by atoms with Crippen molar-refractivity contribution >= 4 is 17.7 Å². The van der Waals surface area contributed by atoms with Gasteiger partial charge in [-0.2, -0.15) is 11.8 Å². The van der Waals surface area contributed by atoms with Crippen LogP contribution >= 0.6 is 11.8 Å². The Labute approximate surface area is 93.9 Å². The van der Waals surface area contributed by atoms with E-state index in [-0.39, 0.29) is 0 Å². The second-order valence-corrected chi connectivity index (χ2v) is 4.14. The van der Waals surface area contributed by atoms with Crippen molar-refractivity contribution in [2.75, 3.05) is 18.9 Å². The molecule has 0 bridgehead atoms. The molecule has 1 aromatic rings. The first-order valence-electron chi connectivity index (χ1n) is 4.79. The largest absolute Gasteiger partial charge is 0.353 e. The van der Waals surface area contributed by atoms with E-state index < -0.39 is 12.5 Å². The molecule has 0 aromatic heterocycles. The average Bonchev–Trinajstić information content (AvgIpc) is 2.29. The molecule has 0 saturated carbocycles. The molecule has 1 aromatic carbocycles. The number of benzene rings is 1. The van der Waals surface area contributed by atoms with E-state index in [0.717, 1.165) is 11.5 Å². The summed E-state index contributed by atoms with van der Waals surface area (Å²) in [7, 11) is 0. The lowest BCUT2D eigenvalue weighted by atomic mass is 10.2. The van der Waals surface area contributed by atoms with Crippen LogP contribution in [0.4, 0.5) is 0 Å². The highest BCUT2D eigenvalue weighted by Gasteiger charge is 1.97. The van der Waals surface area contributed by atoms with E-state index in [1.54, 1.807) is 11.8 Å². The maximum atomic E-state index is 10.6. The second kappa shape index (κ2) is 7.31. The van der Waals surface area contributed by atoms with Gasteiger partial charge in [-0.3, -0.25) is 4.79 Å². The van der Waals surface area contributed by atoms with Gasteiger partial charge in [-0.25, -0.2) is 5.11 Å². The first-order valence-corrected chi connectivity index (χ1v) is 5.95. The van der Waals surface area contributed by atoms with Gasteiger partial charge in [0, 0.05) is 18.1 Å². The minimum absolute atomic E-state index is 0.421. The Bertz CT molecular complexity index is 290. The summed E-state index contributed by atoms with van der Waals surface area (Å²) in [6.45, 7) is -0.109. The third-order valence-corrected chi connectivity index (χ3v) is 2.84. The molecule has 81 valence electrons. The first-order chi connectivity index (χ1) is 7.33. The summed E-state index contributed by atoms with van der Waals surface area (Å²) >= 11 is 1.74. The molecule has 0 atom stereocenters. The molecule has 0 aliphatic carbocycles. The molecular formula is C11H14NO2S. The molecule has 1 radical (unpaired) electrons. The van der Waals surface area contributed by atoms with Crippen LogP contribution in [0.3, 0.4) is 0 Å². The van der Waals surface area contributed by atoms with Crippen LogP contribution < -0.4 is 5.32 Å². The number of hydrogen-bond donors (Lipinski definition) is 1. The number of carbonyl (C=O) groups is 1. The van der Waals surface area contributed by atoms with Crippen molar-refractivity contribution in [2.24, 2.45) is 0 Å².